The summed E-state index contributed by atoms with van der Waals surface area (Å²) in [6, 6.07) is 1.40. The predicted molar refractivity (Wildman–Crippen MR) is 64.1 cm³/mol. The molecule has 0 aliphatic carbocycles. The molecule has 1 aromatic carbocycles. The molecule has 92 valence electrons. The van der Waals surface area contributed by atoms with Crippen LogP contribution in [0.2, 0.25) is 5.02 Å². The number of aryl methyl sites for hydroxylation is 1. The van der Waals surface area contributed by atoms with E-state index in [4.69, 9.17) is 21.8 Å². The average molecular weight is 257 g/mol. The van der Waals surface area contributed by atoms with Crippen molar-refractivity contribution in [3.63, 3.8) is 0 Å². The molecule has 5 heteroatoms. The maximum Gasteiger partial charge on any atom is 0.338 e. The number of carboxylic acids is 2. The highest BCUT2D eigenvalue weighted by molar-refractivity contribution is 6.35. The van der Waals surface area contributed by atoms with E-state index in [-0.39, 0.29) is 16.1 Å². The molecule has 0 atom stereocenters. The number of aromatic carboxylic acids is 2. The normalized spacial score (nSPS) is 10.3. The molecule has 2 N–H and O–H groups in total. The van der Waals surface area contributed by atoms with Gasteiger partial charge < -0.3 is 10.2 Å². The van der Waals surface area contributed by atoms with Crippen LogP contribution < -0.4 is 0 Å². The highest BCUT2D eigenvalue weighted by Gasteiger charge is 2.23. The summed E-state index contributed by atoms with van der Waals surface area (Å²) in [5.74, 6) is -2.59. The lowest BCUT2D eigenvalue weighted by molar-refractivity contribution is 0.0651. The van der Waals surface area contributed by atoms with E-state index in [1.54, 1.807) is 0 Å². The van der Waals surface area contributed by atoms with Gasteiger partial charge in [0.1, 0.15) is 0 Å². The molecule has 0 spiro atoms. The second-order valence-electron chi connectivity index (χ2n) is 3.57. The van der Waals surface area contributed by atoms with Gasteiger partial charge in [-0.1, -0.05) is 25.4 Å². The number of hydrogen-bond acceptors (Lipinski definition) is 2. The van der Waals surface area contributed by atoms with Crippen molar-refractivity contribution in [2.75, 3.05) is 0 Å². The van der Waals surface area contributed by atoms with Gasteiger partial charge in [-0.15, -0.1) is 0 Å². The van der Waals surface area contributed by atoms with Crippen molar-refractivity contribution in [3.8, 4) is 0 Å². The molecule has 0 aliphatic heterocycles. The van der Waals surface area contributed by atoms with Crippen LogP contribution in [0.3, 0.4) is 0 Å². The van der Waals surface area contributed by atoms with Gasteiger partial charge in [0.15, 0.2) is 0 Å². The van der Waals surface area contributed by atoms with Gasteiger partial charge in [-0.2, -0.15) is 0 Å². The van der Waals surface area contributed by atoms with Gasteiger partial charge in [-0.25, -0.2) is 9.59 Å². The van der Waals surface area contributed by atoms with Crippen molar-refractivity contribution in [2.45, 2.75) is 26.7 Å². The molecule has 1 rings (SSSR count). The maximum atomic E-state index is 11.1. The quantitative estimate of drug-likeness (QED) is 0.869. The van der Waals surface area contributed by atoms with Crippen LogP contribution in [0.1, 0.15) is 45.7 Å². The smallest absolute Gasteiger partial charge is 0.338 e. The number of halogens is 1. The highest BCUT2D eigenvalue weighted by atomic mass is 35.5. The Hall–Kier alpha value is -1.55. The second kappa shape index (κ2) is 5.19. The molecular weight excluding hydrogens is 244 g/mol. The van der Waals surface area contributed by atoms with Gasteiger partial charge in [0.05, 0.1) is 16.1 Å². The number of hydrogen-bond donors (Lipinski definition) is 2. The van der Waals surface area contributed by atoms with Crippen molar-refractivity contribution < 1.29 is 19.8 Å². The van der Waals surface area contributed by atoms with E-state index in [9.17, 15) is 9.59 Å². The monoisotopic (exact) mass is 256 g/mol. The van der Waals surface area contributed by atoms with E-state index in [2.05, 4.69) is 0 Å². The fourth-order valence-corrected chi connectivity index (χ4v) is 2.26. The van der Waals surface area contributed by atoms with Crippen LogP contribution >= 0.6 is 11.6 Å². The third kappa shape index (κ3) is 2.42. The van der Waals surface area contributed by atoms with Crippen molar-refractivity contribution in [3.05, 3.63) is 33.3 Å². The summed E-state index contributed by atoms with van der Waals surface area (Å²) < 4.78 is 0. The van der Waals surface area contributed by atoms with E-state index >= 15 is 0 Å². The third-order valence-electron chi connectivity index (χ3n) is 2.64. The van der Waals surface area contributed by atoms with Gasteiger partial charge in [0.2, 0.25) is 0 Å². The molecule has 0 saturated heterocycles. The van der Waals surface area contributed by atoms with Gasteiger partial charge in [0, 0.05) is 0 Å². The van der Waals surface area contributed by atoms with E-state index in [0.29, 0.717) is 18.4 Å². The number of benzene rings is 1. The first-order chi connectivity index (χ1) is 7.93. The first-order valence-electron chi connectivity index (χ1n) is 5.24. The van der Waals surface area contributed by atoms with Crippen LogP contribution in [0, 0.1) is 0 Å². The zero-order chi connectivity index (χ0) is 13.2. The maximum absolute atomic E-state index is 11.1. The van der Waals surface area contributed by atoms with Crippen molar-refractivity contribution in [1.82, 2.24) is 0 Å². The van der Waals surface area contributed by atoms with E-state index in [1.165, 1.54) is 6.07 Å². The summed E-state index contributed by atoms with van der Waals surface area (Å²) in [6.45, 7) is 3.73. The summed E-state index contributed by atoms with van der Waals surface area (Å²) in [5, 5.41) is 18.1. The highest BCUT2D eigenvalue weighted by Crippen LogP contribution is 2.29. The van der Waals surface area contributed by atoms with Crippen molar-refractivity contribution in [2.24, 2.45) is 0 Å². The minimum absolute atomic E-state index is 0.0387. The molecule has 0 fully saturated rings. The summed E-state index contributed by atoms with van der Waals surface area (Å²) in [4.78, 5) is 22.1. The van der Waals surface area contributed by atoms with Crippen LogP contribution in [-0.2, 0) is 12.8 Å². The minimum Gasteiger partial charge on any atom is -0.478 e. The molecular formula is C12H13ClO4. The van der Waals surface area contributed by atoms with Crippen LogP contribution in [0.25, 0.3) is 0 Å². The van der Waals surface area contributed by atoms with Crippen LogP contribution in [0.15, 0.2) is 6.07 Å². The Morgan fingerprint density at radius 3 is 2.12 bits per heavy atom. The Kier molecular flexibility index (Phi) is 4.12. The molecule has 0 saturated carbocycles. The lowest BCUT2D eigenvalue weighted by atomic mass is 9.95. The van der Waals surface area contributed by atoms with Gasteiger partial charge in [0.25, 0.3) is 0 Å². The first-order valence-corrected chi connectivity index (χ1v) is 5.62. The molecule has 0 amide bonds. The standard InChI is InChI=1S/C12H13ClO4/c1-3-6-5-8(11(14)15)9(12(16)17)10(13)7(6)4-2/h5H,3-4H2,1-2H3,(H,14,15)(H,16,17). The molecule has 0 bridgehead atoms. The third-order valence-corrected chi connectivity index (χ3v) is 3.06. The lowest BCUT2D eigenvalue weighted by Gasteiger charge is -2.13. The van der Waals surface area contributed by atoms with E-state index in [0.717, 1.165) is 5.56 Å². The molecule has 4 nitrogen and oxygen atoms in total. The predicted octanol–water partition coefficient (Wildman–Crippen LogP) is 2.86. The topological polar surface area (TPSA) is 74.6 Å². The molecule has 0 unspecified atom stereocenters. The molecule has 0 aliphatic rings. The number of carbonyl (C=O) groups is 2. The first kappa shape index (κ1) is 13.5. The van der Waals surface area contributed by atoms with Crippen LogP contribution in [0.5, 0.6) is 0 Å². The summed E-state index contributed by atoms with van der Waals surface area (Å²) in [5.41, 5.74) is 0.904. The van der Waals surface area contributed by atoms with E-state index in [1.807, 2.05) is 13.8 Å². The molecule has 0 radical (unpaired) electrons. The summed E-state index contributed by atoms with van der Waals surface area (Å²) in [6.07, 6.45) is 1.19. The fraction of sp³-hybridized carbons (Fsp3) is 0.333. The molecule has 17 heavy (non-hydrogen) atoms. The Morgan fingerprint density at radius 2 is 1.76 bits per heavy atom. The molecule has 0 aromatic heterocycles. The van der Waals surface area contributed by atoms with Gasteiger partial charge in [-0.05, 0) is 30.0 Å². The Morgan fingerprint density at radius 1 is 1.18 bits per heavy atom. The lowest BCUT2D eigenvalue weighted by Crippen LogP contribution is -2.12. The number of carboxylic acid groups (broad SMARTS) is 2. The Bertz CT molecular complexity index is 480. The average Bonchev–Trinajstić information content (AvgIpc) is 2.26. The van der Waals surface area contributed by atoms with Crippen LogP contribution in [0.4, 0.5) is 0 Å². The van der Waals surface area contributed by atoms with Crippen LogP contribution in [-0.4, -0.2) is 22.2 Å². The zero-order valence-electron chi connectivity index (χ0n) is 9.58. The summed E-state index contributed by atoms with van der Waals surface area (Å²) >= 11 is 5.99. The molecule has 0 heterocycles. The Balaban J connectivity index is 3.67. The minimum atomic E-state index is -1.32. The van der Waals surface area contributed by atoms with Crippen molar-refractivity contribution >= 4 is 23.5 Å². The van der Waals surface area contributed by atoms with Crippen molar-refractivity contribution in [1.29, 1.82) is 0 Å². The van der Waals surface area contributed by atoms with E-state index < -0.39 is 11.9 Å². The summed E-state index contributed by atoms with van der Waals surface area (Å²) in [7, 11) is 0. The molecule has 1 aromatic rings. The van der Waals surface area contributed by atoms with Gasteiger partial charge >= 0.3 is 11.9 Å². The van der Waals surface area contributed by atoms with Gasteiger partial charge in [-0.3, -0.25) is 0 Å². The Labute approximate surface area is 104 Å². The number of rotatable bonds is 4. The SMILES string of the molecule is CCc1cc(C(=O)O)c(C(=O)O)c(Cl)c1CC. The largest absolute Gasteiger partial charge is 0.478 e. The zero-order valence-corrected chi connectivity index (χ0v) is 10.3. The second-order valence-corrected chi connectivity index (χ2v) is 3.95. The fourth-order valence-electron chi connectivity index (χ4n) is 1.82.